The molecule has 0 saturated carbocycles. The molecule has 0 bridgehead atoms. The Bertz CT molecular complexity index is 1310. The molecule has 2 aromatic carbocycles. The summed E-state index contributed by atoms with van der Waals surface area (Å²) in [5, 5.41) is 9.50. The molecule has 0 radical (unpaired) electrons. The number of hydrogen-bond donors (Lipinski definition) is 0. The Morgan fingerprint density at radius 1 is 1.21 bits per heavy atom. The summed E-state index contributed by atoms with van der Waals surface area (Å²) in [6, 6.07) is 13.0. The molecule has 0 amide bonds. The SMILES string of the molecule is C[C@@H]1CCn2c(cc(OCc3ccc(Oc4cccc(C(F)(F)F)c4)c(C#N)c3)nc2=O)N1C. The van der Waals surface area contributed by atoms with Crippen molar-refractivity contribution in [3.05, 3.63) is 75.7 Å². The first-order chi connectivity index (χ1) is 16.2. The summed E-state index contributed by atoms with van der Waals surface area (Å²) in [7, 11) is 1.90. The Hall–Kier alpha value is -4.00. The molecule has 176 valence electrons. The predicted molar refractivity (Wildman–Crippen MR) is 118 cm³/mol. The Labute approximate surface area is 193 Å². The Morgan fingerprint density at radius 2 is 2.00 bits per heavy atom. The largest absolute Gasteiger partial charge is 0.473 e. The Balaban J connectivity index is 1.51. The number of fused-ring (bicyclic) bond motifs is 1. The second-order valence-electron chi connectivity index (χ2n) is 7.99. The van der Waals surface area contributed by atoms with Crippen LogP contribution >= 0.6 is 0 Å². The minimum atomic E-state index is -4.50. The molecular formula is C24H21F3N4O3. The maximum absolute atomic E-state index is 12.9. The highest BCUT2D eigenvalue weighted by atomic mass is 19.4. The van der Waals surface area contributed by atoms with Crippen LogP contribution in [0.4, 0.5) is 19.0 Å². The second kappa shape index (κ2) is 9.09. The van der Waals surface area contributed by atoms with Gasteiger partial charge in [0.05, 0.1) is 11.1 Å². The highest BCUT2D eigenvalue weighted by Crippen LogP contribution is 2.33. The van der Waals surface area contributed by atoms with E-state index in [-0.39, 0.29) is 35.6 Å². The number of alkyl halides is 3. The van der Waals surface area contributed by atoms with Gasteiger partial charge in [0.15, 0.2) is 0 Å². The zero-order valence-corrected chi connectivity index (χ0v) is 18.5. The van der Waals surface area contributed by atoms with Gasteiger partial charge in [-0.25, -0.2) is 4.79 Å². The minimum Gasteiger partial charge on any atom is -0.473 e. The maximum Gasteiger partial charge on any atom is 0.416 e. The van der Waals surface area contributed by atoms with E-state index in [1.807, 2.05) is 18.0 Å². The quantitative estimate of drug-likeness (QED) is 0.536. The van der Waals surface area contributed by atoms with Gasteiger partial charge >= 0.3 is 11.9 Å². The number of aromatic nitrogens is 2. The molecule has 34 heavy (non-hydrogen) atoms. The standard InChI is InChI=1S/C24H21F3N4O3/c1-15-8-9-31-22(30(15)2)12-21(29-23(31)32)33-14-16-6-7-20(17(10-16)13-28)34-19-5-3-4-18(11-19)24(25,26)27/h3-7,10-12,15H,8-9,14H2,1-2H3/t15-/m1/s1. The number of anilines is 1. The molecule has 10 heteroatoms. The van der Waals surface area contributed by atoms with Crippen molar-refractivity contribution >= 4 is 5.82 Å². The predicted octanol–water partition coefficient (Wildman–Crippen LogP) is 4.73. The lowest BCUT2D eigenvalue weighted by molar-refractivity contribution is -0.137. The summed E-state index contributed by atoms with van der Waals surface area (Å²) in [4.78, 5) is 18.3. The van der Waals surface area contributed by atoms with Gasteiger partial charge in [0.25, 0.3) is 0 Å². The number of benzene rings is 2. The number of ether oxygens (including phenoxy) is 2. The first kappa shape index (κ1) is 23.2. The lowest BCUT2D eigenvalue weighted by atomic mass is 10.1. The molecule has 0 unspecified atom stereocenters. The summed E-state index contributed by atoms with van der Waals surface area (Å²) >= 11 is 0. The normalized spacial score (nSPS) is 15.4. The van der Waals surface area contributed by atoms with E-state index in [9.17, 15) is 23.2 Å². The third-order valence-electron chi connectivity index (χ3n) is 5.70. The number of halogens is 3. The molecule has 1 aromatic heterocycles. The number of nitriles is 1. The molecule has 1 atom stereocenters. The molecular weight excluding hydrogens is 449 g/mol. The van der Waals surface area contributed by atoms with Crippen LogP contribution in [0.3, 0.4) is 0 Å². The first-order valence-corrected chi connectivity index (χ1v) is 10.5. The van der Waals surface area contributed by atoms with Gasteiger partial charge in [-0.15, -0.1) is 0 Å². The fourth-order valence-corrected chi connectivity index (χ4v) is 3.65. The Morgan fingerprint density at radius 3 is 2.74 bits per heavy atom. The smallest absolute Gasteiger partial charge is 0.416 e. The van der Waals surface area contributed by atoms with Crippen LogP contribution in [0.15, 0.2) is 53.3 Å². The van der Waals surface area contributed by atoms with E-state index in [2.05, 4.69) is 11.9 Å². The topological polar surface area (TPSA) is 80.4 Å². The van der Waals surface area contributed by atoms with Crippen molar-refractivity contribution in [2.24, 2.45) is 0 Å². The van der Waals surface area contributed by atoms with Crippen molar-refractivity contribution in [1.82, 2.24) is 9.55 Å². The third-order valence-corrected chi connectivity index (χ3v) is 5.70. The molecule has 3 aromatic rings. The molecule has 2 heterocycles. The van der Waals surface area contributed by atoms with Gasteiger partial charge in [-0.1, -0.05) is 12.1 Å². The average molecular weight is 470 g/mol. The van der Waals surface area contributed by atoms with Gasteiger partial charge in [0.1, 0.15) is 30.0 Å². The van der Waals surface area contributed by atoms with Crippen LogP contribution < -0.4 is 20.1 Å². The Kier molecular flexibility index (Phi) is 6.20. The lowest BCUT2D eigenvalue weighted by Gasteiger charge is -2.34. The van der Waals surface area contributed by atoms with Gasteiger partial charge < -0.3 is 14.4 Å². The van der Waals surface area contributed by atoms with Gasteiger partial charge in [0, 0.05) is 25.7 Å². The molecule has 0 spiro atoms. The summed E-state index contributed by atoms with van der Waals surface area (Å²) < 4.78 is 51.6. The van der Waals surface area contributed by atoms with Crippen molar-refractivity contribution in [1.29, 1.82) is 5.26 Å². The monoisotopic (exact) mass is 470 g/mol. The van der Waals surface area contributed by atoms with Crippen molar-refractivity contribution in [2.75, 3.05) is 11.9 Å². The van der Waals surface area contributed by atoms with E-state index in [0.29, 0.717) is 12.1 Å². The van der Waals surface area contributed by atoms with Crippen LogP contribution in [-0.4, -0.2) is 22.6 Å². The average Bonchev–Trinajstić information content (AvgIpc) is 2.80. The summed E-state index contributed by atoms with van der Waals surface area (Å²) in [6.07, 6.45) is -3.66. The van der Waals surface area contributed by atoms with E-state index in [4.69, 9.17) is 9.47 Å². The molecule has 0 fully saturated rings. The van der Waals surface area contributed by atoms with Crippen molar-refractivity contribution < 1.29 is 22.6 Å². The van der Waals surface area contributed by atoms with Crippen LogP contribution in [-0.2, 0) is 19.3 Å². The third kappa shape index (κ3) is 4.83. The second-order valence-corrected chi connectivity index (χ2v) is 7.99. The van der Waals surface area contributed by atoms with Gasteiger partial charge in [0.2, 0.25) is 5.88 Å². The van der Waals surface area contributed by atoms with E-state index in [1.165, 1.54) is 24.3 Å². The van der Waals surface area contributed by atoms with Crippen molar-refractivity contribution in [3.8, 4) is 23.4 Å². The number of hydrogen-bond acceptors (Lipinski definition) is 6. The fraction of sp³-hybridized carbons (Fsp3) is 0.292. The first-order valence-electron chi connectivity index (χ1n) is 10.5. The van der Waals surface area contributed by atoms with E-state index >= 15 is 0 Å². The highest BCUT2D eigenvalue weighted by molar-refractivity contribution is 5.48. The summed E-state index contributed by atoms with van der Waals surface area (Å²) in [5.41, 5.74) is -0.504. The molecule has 4 rings (SSSR count). The van der Waals surface area contributed by atoms with Crippen molar-refractivity contribution in [3.63, 3.8) is 0 Å². The van der Waals surface area contributed by atoms with Crippen LogP contribution in [0.25, 0.3) is 0 Å². The molecule has 1 aliphatic rings. The van der Waals surface area contributed by atoms with Gasteiger partial charge in [-0.3, -0.25) is 4.57 Å². The summed E-state index contributed by atoms with van der Waals surface area (Å²) in [6.45, 7) is 2.70. The molecule has 1 aliphatic heterocycles. The number of rotatable bonds is 5. The molecule has 7 nitrogen and oxygen atoms in total. The van der Waals surface area contributed by atoms with Gasteiger partial charge in [-0.2, -0.15) is 23.4 Å². The van der Waals surface area contributed by atoms with Crippen LogP contribution in [0.5, 0.6) is 17.4 Å². The minimum absolute atomic E-state index is 0.0348. The zero-order valence-electron chi connectivity index (χ0n) is 18.5. The zero-order chi connectivity index (χ0) is 24.5. The fourth-order valence-electron chi connectivity index (χ4n) is 3.65. The van der Waals surface area contributed by atoms with Gasteiger partial charge in [-0.05, 0) is 49.2 Å². The van der Waals surface area contributed by atoms with E-state index in [0.717, 1.165) is 24.4 Å². The van der Waals surface area contributed by atoms with Crippen molar-refractivity contribution in [2.45, 2.75) is 38.7 Å². The maximum atomic E-state index is 12.9. The molecule has 0 saturated heterocycles. The van der Waals surface area contributed by atoms with E-state index < -0.39 is 17.4 Å². The number of nitrogens with zero attached hydrogens (tertiary/aromatic N) is 4. The lowest BCUT2D eigenvalue weighted by Crippen LogP contribution is -2.41. The van der Waals surface area contributed by atoms with Crippen LogP contribution in [0.1, 0.15) is 30.0 Å². The molecule has 0 aliphatic carbocycles. The van der Waals surface area contributed by atoms with E-state index in [1.54, 1.807) is 16.7 Å². The van der Waals surface area contributed by atoms with Crippen LogP contribution in [0.2, 0.25) is 0 Å². The van der Waals surface area contributed by atoms with Crippen LogP contribution in [0, 0.1) is 11.3 Å². The molecule has 0 N–H and O–H groups in total. The summed E-state index contributed by atoms with van der Waals surface area (Å²) in [5.74, 6) is 0.968. The highest BCUT2D eigenvalue weighted by Gasteiger charge is 2.30.